The predicted molar refractivity (Wildman–Crippen MR) is 113 cm³/mol. The summed E-state index contributed by atoms with van der Waals surface area (Å²) >= 11 is 0. The minimum Gasteiger partial charge on any atom is -0.448 e. The van der Waals surface area contributed by atoms with Crippen LogP contribution in [-0.2, 0) is 14.3 Å². The number of nitriles is 1. The van der Waals surface area contributed by atoms with E-state index in [1.807, 2.05) is 37.2 Å². The number of rotatable bonds is 7. The molecule has 0 saturated carbocycles. The van der Waals surface area contributed by atoms with Gasteiger partial charge in [0.1, 0.15) is 17.5 Å². The van der Waals surface area contributed by atoms with Crippen molar-refractivity contribution in [2.75, 3.05) is 19.0 Å². The van der Waals surface area contributed by atoms with Gasteiger partial charge in [0, 0.05) is 19.8 Å². The second kappa shape index (κ2) is 10.2. The molecule has 0 aromatic heterocycles. The number of anilines is 1. The molecule has 2 atom stereocenters. The fraction of sp³-hybridized carbons (Fsp3) is 0.261. The van der Waals surface area contributed by atoms with Crippen molar-refractivity contribution >= 4 is 23.6 Å². The van der Waals surface area contributed by atoms with Gasteiger partial charge < -0.3 is 15.0 Å². The molecule has 0 aliphatic rings. The van der Waals surface area contributed by atoms with Gasteiger partial charge in [0.25, 0.3) is 5.91 Å². The first-order valence-corrected chi connectivity index (χ1v) is 9.37. The van der Waals surface area contributed by atoms with E-state index in [-0.39, 0.29) is 11.4 Å². The zero-order valence-corrected chi connectivity index (χ0v) is 17.3. The summed E-state index contributed by atoms with van der Waals surface area (Å²) in [5.74, 6) is -1.77. The predicted octanol–water partition coefficient (Wildman–Crippen LogP) is 3.61. The van der Waals surface area contributed by atoms with Crippen molar-refractivity contribution in [1.29, 1.82) is 5.26 Å². The molecule has 2 aromatic carbocycles. The van der Waals surface area contributed by atoms with Gasteiger partial charge in [-0.3, -0.25) is 4.79 Å². The average molecular weight is 409 g/mol. The molecule has 1 N–H and O–H groups in total. The lowest BCUT2D eigenvalue weighted by Crippen LogP contribution is -2.37. The third kappa shape index (κ3) is 6.17. The van der Waals surface area contributed by atoms with Crippen LogP contribution in [0.2, 0.25) is 0 Å². The normalized spacial score (nSPS) is 13.0. The number of esters is 1. The first kappa shape index (κ1) is 22.6. The summed E-state index contributed by atoms with van der Waals surface area (Å²) in [7, 11) is 3.82. The number of carbonyl (C=O) groups is 2. The molecule has 0 unspecified atom stereocenters. The van der Waals surface area contributed by atoms with Gasteiger partial charge in [-0.25, -0.2) is 9.18 Å². The van der Waals surface area contributed by atoms with Crippen LogP contribution in [0.4, 0.5) is 10.1 Å². The molecule has 30 heavy (non-hydrogen) atoms. The number of amides is 1. The van der Waals surface area contributed by atoms with E-state index < -0.39 is 24.0 Å². The largest absolute Gasteiger partial charge is 0.448 e. The monoisotopic (exact) mass is 409 g/mol. The highest BCUT2D eigenvalue weighted by Crippen LogP contribution is 2.16. The lowest BCUT2D eigenvalue weighted by molar-refractivity contribution is -0.151. The maximum atomic E-state index is 13.0. The van der Waals surface area contributed by atoms with E-state index in [2.05, 4.69) is 5.32 Å². The Kier molecular flexibility index (Phi) is 7.70. The Balaban J connectivity index is 2.00. The second-order valence-corrected chi connectivity index (χ2v) is 6.99. The van der Waals surface area contributed by atoms with Crippen LogP contribution in [0.3, 0.4) is 0 Å². The fourth-order valence-corrected chi connectivity index (χ4v) is 2.62. The Bertz CT molecular complexity index is 961. The number of nitrogens with one attached hydrogen (secondary N) is 1. The van der Waals surface area contributed by atoms with Gasteiger partial charge in [-0.05, 0) is 55.3 Å². The summed E-state index contributed by atoms with van der Waals surface area (Å²) in [5, 5.41) is 12.0. The number of halogens is 1. The van der Waals surface area contributed by atoms with Gasteiger partial charge in [-0.15, -0.1) is 0 Å². The molecule has 0 bridgehead atoms. The summed E-state index contributed by atoms with van der Waals surface area (Å²) in [6, 6.07) is 14.4. The number of nitrogens with zero attached hydrogens (tertiary/aromatic N) is 2. The Labute approximate surface area is 175 Å². The molecular weight excluding hydrogens is 385 g/mol. The zero-order chi connectivity index (χ0) is 22.3. The van der Waals surface area contributed by atoms with Gasteiger partial charge in [-0.2, -0.15) is 5.26 Å². The topological polar surface area (TPSA) is 82.4 Å². The summed E-state index contributed by atoms with van der Waals surface area (Å²) in [6.45, 7) is 3.16. The van der Waals surface area contributed by atoms with Crippen molar-refractivity contribution in [2.24, 2.45) is 0 Å². The molecule has 7 heteroatoms. The number of carbonyl (C=O) groups excluding carboxylic acids is 2. The highest BCUT2D eigenvalue weighted by atomic mass is 19.1. The molecule has 2 aromatic rings. The Hall–Kier alpha value is -3.66. The maximum Gasteiger partial charge on any atom is 0.349 e. The highest BCUT2D eigenvalue weighted by molar-refractivity contribution is 5.99. The van der Waals surface area contributed by atoms with Crippen molar-refractivity contribution in [3.63, 3.8) is 0 Å². The lowest BCUT2D eigenvalue weighted by atomic mass is 10.1. The molecule has 0 heterocycles. The van der Waals surface area contributed by atoms with Crippen LogP contribution >= 0.6 is 0 Å². The third-order valence-corrected chi connectivity index (χ3v) is 4.44. The van der Waals surface area contributed by atoms with Crippen LogP contribution in [0.5, 0.6) is 0 Å². The first-order valence-electron chi connectivity index (χ1n) is 9.37. The van der Waals surface area contributed by atoms with Crippen molar-refractivity contribution in [2.45, 2.75) is 26.0 Å². The SMILES string of the molecule is C[C@H](OC(=O)/C(C#N)=C/c1ccc(N(C)C)cc1)C(=O)N[C@@H](C)c1ccc(F)cc1. The summed E-state index contributed by atoms with van der Waals surface area (Å²) in [4.78, 5) is 26.6. The van der Waals surface area contributed by atoms with E-state index in [1.165, 1.54) is 25.1 Å². The number of ether oxygens (including phenoxy) is 1. The van der Waals surface area contributed by atoms with Crippen molar-refractivity contribution in [3.8, 4) is 6.07 Å². The smallest absolute Gasteiger partial charge is 0.349 e. The van der Waals surface area contributed by atoms with Crippen molar-refractivity contribution in [1.82, 2.24) is 5.32 Å². The Morgan fingerprint density at radius 2 is 1.70 bits per heavy atom. The summed E-state index contributed by atoms with van der Waals surface area (Å²) in [5.41, 5.74) is 2.14. The van der Waals surface area contributed by atoms with Gasteiger partial charge in [0.15, 0.2) is 6.10 Å². The molecule has 2 rings (SSSR count). The standard InChI is InChI=1S/C23H24FN3O3/c1-15(18-7-9-20(24)10-8-18)26-22(28)16(2)30-23(29)19(14-25)13-17-5-11-21(12-6-17)27(3)4/h5-13,15-16H,1-4H3,(H,26,28)/b19-13+/t15-,16-/m0/s1. The summed E-state index contributed by atoms with van der Waals surface area (Å²) < 4.78 is 18.2. The van der Waals surface area contributed by atoms with E-state index in [4.69, 9.17) is 4.74 Å². The van der Waals surface area contributed by atoms with Crippen molar-refractivity contribution in [3.05, 3.63) is 71.0 Å². The minimum absolute atomic E-state index is 0.209. The van der Waals surface area contributed by atoms with Crippen LogP contribution in [0.25, 0.3) is 6.08 Å². The fourth-order valence-electron chi connectivity index (χ4n) is 2.62. The third-order valence-electron chi connectivity index (χ3n) is 4.44. The Morgan fingerprint density at radius 3 is 2.23 bits per heavy atom. The number of hydrogen-bond donors (Lipinski definition) is 1. The van der Waals surface area contributed by atoms with Crippen LogP contribution in [0.15, 0.2) is 54.1 Å². The van der Waals surface area contributed by atoms with Crippen molar-refractivity contribution < 1.29 is 18.7 Å². The second-order valence-electron chi connectivity index (χ2n) is 6.99. The van der Waals surface area contributed by atoms with Crippen LogP contribution in [-0.4, -0.2) is 32.1 Å². The van der Waals surface area contributed by atoms with Gasteiger partial charge in [-0.1, -0.05) is 24.3 Å². The number of hydrogen-bond acceptors (Lipinski definition) is 5. The molecule has 6 nitrogen and oxygen atoms in total. The van der Waals surface area contributed by atoms with E-state index in [0.29, 0.717) is 11.1 Å². The molecule has 0 fully saturated rings. The molecule has 1 amide bonds. The molecule has 0 spiro atoms. The van der Waals surface area contributed by atoms with Gasteiger partial charge in [0.2, 0.25) is 0 Å². The maximum absolute atomic E-state index is 13.0. The zero-order valence-electron chi connectivity index (χ0n) is 17.3. The Morgan fingerprint density at radius 1 is 1.10 bits per heavy atom. The van der Waals surface area contributed by atoms with E-state index in [0.717, 1.165) is 5.69 Å². The molecule has 0 radical (unpaired) electrons. The number of benzene rings is 2. The molecule has 0 aliphatic carbocycles. The molecular formula is C23H24FN3O3. The molecule has 0 aliphatic heterocycles. The van der Waals surface area contributed by atoms with E-state index >= 15 is 0 Å². The lowest BCUT2D eigenvalue weighted by Gasteiger charge is -2.18. The van der Waals surface area contributed by atoms with Gasteiger partial charge >= 0.3 is 5.97 Å². The van der Waals surface area contributed by atoms with E-state index in [9.17, 15) is 19.2 Å². The average Bonchev–Trinajstić information content (AvgIpc) is 2.72. The van der Waals surface area contributed by atoms with E-state index in [1.54, 1.807) is 31.2 Å². The molecule has 156 valence electrons. The quantitative estimate of drug-likeness (QED) is 0.429. The molecule has 0 saturated heterocycles. The summed E-state index contributed by atoms with van der Waals surface area (Å²) in [6.07, 6.45) is 0.307. The van der Waals surface area contributed by atoms with Crippen LogP contribution in [0.1, 0.15) is 31.0 Å². The minimum atomic E-state index is -1.10. The highest BCUT2D eigenvalue weighted by Gasteiger charge is 2.22. The first-order chi connectivity index (χ1) is 14.2. The van der Waals surface area contributed by atoms with Crippen LogP contribution < -0.4 is 10.2 Å². The van der Waals surface area contributed by atoms with Crippen LogP contribution in [0, 0.1) is 17.1 Å². The van der Waals surface area contributed by atoms with Gasteiger partial charge in [0.05, 0.1) is 6.04 Å².